The number of anilines is 1. The summed E-state index contributed by atoms with van der Waals surface area (Å²) in [6.07, 6.45) is 3.53. The van der Waals surface area contributed by atoms with Crippen molar-refractivity contribution >= 4 is 23.0 Å². The summed E-state index contributed by atoms with van der Waals surface area (Å²) in [5, 5.41) is 0. The van der Waals surface area contributed by atoms with Crippen LogP contribution in [0.15, 0.2) is 52.9 Å². The number of halogens is 1. The Bertz CT molecular complexity index is 975. The van der Waals surface area contributed by atoms with E-state index in [9.17, 15) is 9.18 Å². The number of fused-ring (bicyclic) bond motifs is 1. The van der Waals surface area contributed by atoms with Gasteiger partial charge in [0.2, 0.25) is 5.91 Å². The van der Waals surface area contributed by atoms with Gasteiger partial charge in [-0.05, 0) is 55.5 Å². The van der Waals surface area contributed by atoms with E-state index in [1.807, 2.05) is 29.2 Å². The highest BCUT2D eigenvalue weighted by molar-refractivity contribution is 5.80. The topological polar surface area (TPSA) is 49.6 Å². The van der Waals surface area contributed by atoms with Crippen LogP contribution in [-0.4, -0.2) is 35.4 Å². The van der Waals surface area contributed by atoms with Crippen molar-refractivity contribution in [2.24, 2.45) is 5.92 Å². The lowest BCUT2D eigenvalue weighted by Gasteiger charge is -2.34. The number of oxazole rings is 1. The number of rotatable bonds is 3. The number of amides is 1. The van der Waals surface area contributed by atoms with Crippen molar-refractivity contribution in [1.29, 1.82) is 0 Å². The summed E-state index contributed by atoms with van der Waals surface area (Å²) >= 11 is 0. The molecule has 29 heavy (non-hydrogen) atoms. The molecule has 1 unspecified atom stereocenters. The number of carbonyl (C=O) groups excluding carboxylic acids is 1. The molecule has 3 aromatic rings. The van der Waals surface area contributed by atoms with E-state index in [1.165, 1.54) is 12.1 Å². The van der Waals surface area contributed by atoms with Crippen LogP contribution in [0.1, 0.15) is 37.3 Å². The van der Waals surface area contributed by atoms with Crippen molar-refractivity contribution in [3.63, 3.8) is 0 Å². The number of likely N-dealkylation sites (tertiary alicyclic amines) is 1. The number of carbonyl (C=O) groups is 1. The molecule has 1 amide bonds. The van der Waals surface area contributed by atoms with Crippen LogP contribution in [-0.2, 0) is 4.79 Å². The Balaban J connectivity index is 1.25. The Hall–Kier alpha value is -2.89. The molecule has 0 spiro atoms. The van der Waals surface area contributed by atoms with Gasteiger partial charge in [0.05, 0.1) is 6.04 Å². The minimum atomic E-state index is -0.240. The molecule has 2 saturated heterocycles. The Morgan fingerprint density at radius 3 is 2.52 bits per heavy atom. The first-order valence-corrected chi connectivity index (χ1v) is 10.4. The fourth-order valence-electron chi connectivity index (χ4n) is 4.61. The van der Waals surface area contributed by atoms with Gasteiger partial charge in [-0.15, -0.1) is 0 Å². The molecule has 0 saturated carbocycles. The summed E-state index contributed by atoms with van der Waals surface area (Å²) in [6.45, 7) is 2.31. The standard InChI is InChI=1S/C23H24FN3O2/c24-18-9-7-16(8-10-18)20-5-3-13-27(20)22(28)17-11-14-26(15-12-17)23-25-19-4-1-2-6-21(19)29-23/h1-2,4,6-10,17,20H,3,5,11-15H2. The molecule has 5 rings (SSSR count). The Kier molecular flexibility index (Phi) is 4.70. The van der Waals surface area contributed by atoms with Gasteiger partial charge in [0.25, 0.3) is 6.01 Å². The van der Waals surface area contributed by atoms with Crippen molar-refractivity contribution in [2.45, 2.75) is 31.7 Å². The van der Waals surface area contributed by atoms with E-state index in [1.54, 1.807) is 12.1 Å². The van der Waals surface area contributed by atoms with E-state index in [0.717, 1.165) is 62.0 Å². The van der Waals surface area contributed by atoms with Gasteiger partial charge < -0.3 is 14.2 Å². The third-order valence-corrected chi connectivity index (χ3v) is 6.19. The molecule has 5 nitrogen and oxygen atoms in total. The van der Waals surface area contributed by atoms with Gasteiger partial charge in [0.1, 0.15) is 11.3 Å². The zero-order valence-corrected chi connectivity index (χ0v) is 16.3. The summed E-state index contributed by atoms with van der Waals surface area (Å²) in [5.74, 6) is 0.0157. The van der Waals surface area contributed by atoms with Crippen molar-refractivity contribution in [3.05, 3.63) is 59.9 Å². The van der Waals surface area contributed by atoms with Gasteiger partial charge in [-0.25, -0.2) is 4.39 Å². The molecular formula is C23H24FN3O2. The number of piperidine rings is 1. The van der Waals surface area contributed by atoms with E-state index >= 15 is 0 Å². The quantitative estimate of drug-likeness (QED) is 0.655. The lowest BCUT2D eigenvalue weighted by atomic mass is 9.94. The van der Waals surface area contributed by atoms with Crippen LogP contribution < -0.4 is 4.90 Å². The lowest BCUT2D eigenvalue weighted by molar-refractivity contribution is -0.137. The van der Waals surface area contributed by atoms with Gasteiger partial charge in [-0.2, -0.15) is 4.98 Å². The number of hydrogen-bond acceptors (Lipinski definition) is 4. The van der Waals surface area contributed by atoms with Crippen molar-refractivity contribution in [1.82, 2.24) is 9.88 Å². The monoisotopic (exact) mass is 393 g/mol. The predicted molar refractivity (Wildman–Crippen MR) is 109 cm³/mol. The summed E-state index contributed by atoms with van der Waals surface area (Å²) in [5.41, 5.74) is 2.68. The lowest BCUT2D eigenvalue weighted by Crippen LogP contribution is -2.42. The first-order valence-electron chi connectivity index (χ1n) is 10.4. The molecule has 6 heteroatoms. The van der Waals surface area contributed by atoms with Gasteiger partial charge in [0.15, 0.2) is 5.58 Å². The molecule has 3 heterocycles. The van der Waals surface area contributed by atoms with Crippen LogP contribution in [0.25, 0.3) is 11.1 Å². The molecule has 1 atom stereocenters. The maximum Gasteiger partial charge on any atom is 0.298 e. The van der Waals surface area contributed by atoms with Crippen molar-refractivity contribution < 1.29 is 13.6 Å². The van der Waals surface area contributed by atoms with E-state index in [4.69, 9.17) is 4.42 Å². The Morgan fingerprint density at radius 2 is 1.76 bits per heavy atom. The highest BCUT2D eigenvalue weighted by Crippen LogP contribution is 2.35. The maximum atomic E-state index is 13.3. The van der Waals surface area contributed by atoms with Crippen LogP contribution in [0.2, 0.25) is 0 Å². The molecule has 150 valence electrons. The molecule has 0 bridgehead atoms. The minimum Gasteiger partial charge on any atom is -0.423 e. The van der Waals surface area contributed by atoms with E-state index < -0.39 is 0 Å². The van der Waals surface area contributed by atoms with E-state index in [0.29, 0.717) is 6.01 Å². The third kappa shape index (κ3) is 3.48. The Labute approximate surface area is 169 Å². The van der Waals surface area contributed by atoms with Crippen LogP contribution in [0.4, 0.5) is 10.4 Å². The number of aromatic nitrogens is 1. The maximum absolute atomic E-state index is 13.3. The van der Waals surface area contributed by atoms with Crippen LogP contribution in [0.3, 0.4) is 0 Å². The Morgan fingerprint density at radius 1 is 1.00 bits per heavy atom. The number of nitrogens with zero attached hydrogens (tertiary/aromatic N) is 3. The average molecular weight is 393 g/mol. The number of para-hydroxylation sites is 2. The van der Waals surface area contributed by atoms with Crippen LogP contribution in [0, 0.1) is 11.7 Å². The zero-order valence-electron chi connectivity index (χ0n) is 16.3. The first-order chi connectivity index (χ1) is 14.2. The fourth-order valence-corrected chi connectivity index (χ4v) is 4.61. The molecule has 2 aliphatic rings. The summed E-state index contributed by atoms with van der Waals surface area (Å²) < 4.78 is 19.1. The van der Waals surface area contributed by atoms with E-state index in [2.05, 4.69) is 9.88 Å². The van der Waals surface area contributed by atoms with Crippen molar-refractivity contribution in [3.8, 4) is 0 Å². The smallest absolute Gasteiger partial charge is 0.298 e. The second-order valence-electron chi connectivity index (χ2n) is 7.97. The highest BCUT2D eigenvalue weighted by Gasteiger charge is 2.36. The van der Waals surface area contributed by atoms with E-state index in [-0.39, 0.29) is 23.7 Å². The molecule has 0 N–H and O–H groups in total. The molecule has 0 radical (unpaired) electrons. The van der Waals surface area contributed by atoms with Gasteiger partial charge in [-0.3, -0.25) is 4.79 Å². The molecule has 2 fully saturated rings. The summed E-state index contributed by atoms with van der Waals surface area (Å²) in [6, 6.07) is 15.0. The second-order valence-corrected chi connectivity index (χ2v) is 7.97. The average Bonchev–Trinajstić information content (AvgIpc) is 3.41. The van der Waals surface area contributed by atoms with Crippen LogP contribution >= 0.6 is 0 Å². The fraction of sp³-hybridized carbons (Fsp3) is 0.391. The van der Waals surface area contributed by atoms with Gasteiger partial charge in [0, 0.05) is 25.6 Å². The van der Waals surface area contributed by atoms with Gasteiger partial charge in [-0.1, -0.05) is 24.3 Å². The van der Waals surface area contributed by atoms with Gasteiger partial charge >= 0.3 is 0 Å². The third-order valence-electron chi connectivity index (χ3n) is 6.19. The molecule has 0 aliphatic carbocycles. The largest absolute Gasteiger partial charge is 0.423 e. The molecule has 2 aromatic carbocycles. The summed E-state index contributed by atoms with van der Waals surface area (Å²) in [7, 11) is 0. The number of hydrogen-bond donors (Lipinski definition) is 0. The minimum absolute atomic E-state index is 0.0247. The highest BCUT2D eigenvalue weighted by atomic mass is 19.1. The molecular weight excluding hydrogens is 369 g/mol. The number of benzene rings is 2. The molecule has 1 aromatic heterocycles. The SMILES string of the molecule is O=C(C1CCN(c2nc3ccccc3o2)CC1)N1CCCC1c1ccc(F)cc1. The summed E-state index contributed by atoms with van der Waals surface area (Å²) in [4.78, 5) is 21.9. The normalized spacial score (nSPS) is 20.5. The van der Waals surface area contributed by atoms with Crippen LogP contribution in [0.5, 0.6) is 0 Å². The van der Waals surface area contributed by atoms with Crippen molar-refractivity contribution in [2.75, 3.05) is 24.5 Å². The second kappa shape index (κ2) is 7.50. The first kappa shape index (κ1) is 18.2. The zero-order chi connectivity index (χ0) is 19.8. The predicted octanol–water partition coefficient (Wildman–Crippen LogP) is 4.55. The molecule has 2 aliphatic heterocycles.